The Morgan fingerprint density at radius 3 is 2.30 bits per heavy atom. The molecule has 2 aromatic carbocycles. The van der Waals surface area contributed by atoms with E-state index < -0.39 is 28.5 Å². The molecule has 0 saturated heterocycles. The molecule has 1 fully saturated rings. The van der Waals surface area contributed by atoms with Crippen molar-refractivity contribution in [1.82, 2.24) is 10.2 Å². The zero-order valence-electron chi connectivity index (χ0n) is 22.0. The first-order chi connectivity index (χ1) is 17.6. The second-order valence-electron chi connectivity index (χ2n) is 9.33. The maximum Gasteiger partial charge on any atom is 0.244 e. The Labute approximate surface area is 219 Å². The molecular formula is C27H37N3O6S. The minimum absolute atomic E-state index is 0.0888. The van der Waals surface area contributed by atoms with Gasteiger partial charge in [0.05, 0.1) is 26.2 Å². The summed E-state index contributed by atoms with van der Waals surface area (Å²) in [6.45, 7) is 1.33. The standard InChI is InChI=1S/C27H37N3O6S/c1-20(27(32)28-22-13-9-6-10-14-22)29(18-21-11-7-5-8-12-21)26(31)19-30(37(4,33)34)24-17-23(35-2)15-16-25(24)36-3/h5,7-8,11-12,15-17,20,22H,6,9-10,13-14,18-19H2,1-4H3,(H,28,32). The summed E-state index contributed by atoms with van der Waals surface area (Å²) in [5, 5.41) is 3.09. The molecule has 1 aliphatic rings. The lowest BCUT2D eigenvalue weighted by Gasteiger charge is -2.33. The predicted octanol–water partition coefficient (Wildman–Crippen LogP) is 3.34. The Balaban J connectivity index is 1.91. The lowest BCUT2D eigenvalue weighted by molar-refractivity contribution is -0.139. The van der Waals surface area contributed by atoms with Gasteiger partial charge in [-0.25, -0.2) is 8.42 Å². The fourth-order valence-electron chi connectivity index (χ4n) is 4.52. The maximum atomic E-state index is 13.7. The summed E-state index contributed by atoms with van der Waals surface area (Å²) in [6, 6.07) is 13.3. The van der Waals surface area contributed by atoms with Crippen molar-refractivity contribution >= 4 is 27.5 Å². The number of rotatable bonds is 11. The van der Waals surface area contributed by atoms with Gasteiger partial charge in [-0.15, -0.1) is 0 Å². The van der Waals surface area contributed by atoms with Gasteiger partial charge in [-0.3, -0.25) is 13.9 Å². The largest absolute Gasteiger partial charge is 0.497 e. The van der Waals surface area contributed by atoms with Gasteiger partial charge in [-0.05, 0) is 37.5 Å². The van der Waals surface area contributed by atoms with E-state index in [1.165, 1.54) is 25.2 Å². The Bertz CT molecular complexity index is 1170. The molecule has 202 valence electrons. The molecule has 1 unspecified atom stereocenters. The van der Waals surface area contributed by atoms with Crippen LogP contribution in [0.1, 0.15) is 44.6 Å². The van der Waals surface area contributed by atoms with Crippen molar-refractivity contribution in [2.24, 2.45) is 0 Å². The quantitative estimate of drug-likeness (QED) is 0.477. The molecule has 0 aromatic heterocycles. The predicted molar refractivity (Wildman–Crippen MR) is 143 cm³/mol. The second-order valence-corrected chi connectivity index (χ2v) is 11.2. The van der Waals surface area contributed by atoms with E-state index in [0.717, 1.165) is 48.2 Å². The first kappa shape index (κ1) is 28.3. The molecular weight excluding hydrogens is 494 g/mol. The number of hydrogen-bond donors (Lipinski definition) is 1. The van der Waals surface area contributed by atoms with Gasteiger partial charge in [-0.2, -0.15) is 0 Å². The van der Waals surface area contributed by atoms with Gasteiger partial charge in [0.1, 0.15) is 24.1 Å². The Hall–Kier alpha value is -3.27. The van der Waals surface area contributed by atoms with E-state index in [-0.39, 0.29) is 29.9 Å². The van der Waals surface area contributed by atoms with Crippen LogP contribution in [0, 0.1) is 0 Å². The molecule has 0 heterocycles. The first-order valence-corrected chi connectivity index (χ1v) is 14.3. The molecule has 1 aliphatic carbocycles. The van der Waals surface area contributed by atoms with Crippen LogP contribution in [0.3, 0.4) is 0 Å². The highest BCUT2D eigenvalue weighted by Crippen LogP contribution is 2.34. The highest BCUT2D eigenvalue weighted by molar-refractivity contribution is 7.92. The van der Waals surface area contributed by atoms with Crippen molar-refractivity contribution < 1.29 is 27.5 Å². The summed E-state index contributed by atoms with van der Waals surface area (Å²) >= 11 is 0. The number of carbonyl (C=O) groups is 2. The number of hydrogen-bond acceptors (Lipinski definition) is 6. The van der Waals surface area contributed by atoms with Crippen LogP contribution >= 0.6 is 0 Å². The summed E-state index contributed by atoms with van der Waals surface area (Å²) in [5.74, 6) is -0.0681. The van der Waals surface area contributed by atoms with Crippen LogP contribution < -0.4 is 19.1 Å². The second kappa shape index (κ2) is 12.8. The highest BCUT2D eigenvalue weighted by Gasteiger charge is 2.32. The normalized spacial score (nSPS) is 14.9. The molecule has 0 aliphatic heterocycles. The van der Waals surface area contributed by atoms with Gasteiger partial charge in [-0.1, -0.05) is 49.6 Å². The van der Waals surface area contributed by atoms with Crippen molar-refractivity contribution in [2.45, 2.75) is 57.7 Å². The number of sulfonamides is 1. The zero-order valence-corrected chi connectivity index (χ0v) is 22.8. The first-order valence-electron chi connectivity index (χ1n) is 12.5. The zero-order chi connectivity index (χ0) is 27.0. The van der Waals surface area contributed by atoms with Gasteiger partial charge in [0.2, 0.25) is 21.8 Å². The molecule has 1 N–H and O–H groups in total. The third kappa shape index (κ3) is 7.61. The van der Waals surface area contributed by atoms with Gasteiger partial charge >= 0.3 is 0 Å². The van der Waals surface area contributed by atoms with Crippen LogP contribution in [0.5, 0.6) is 11.5 Å². The minimum Gasteiger partial charge on any atom is -0.497 e. The van der Waals surface area contributed by atoms with Crippen molar-refractivity contribution in [2.75, 3.05) is 31.3 Å². The van der Waals surface area contributed by atoms with Crippen LogP contribution in [-0.2, 0) is 26.2 Å². The minimum atomic E-state index is -3.90. The van der Waals surface area contributed by atoms with Crippen molar-refractivity contribution in [3.05, 3.63) is 54.1 Å². The molecule has 37 heavy (non-hydrogen) atoms. The van der Waals surface area contributed by atoms with Gasteiger partial charge < -0.3 is 19.7 Å². The monoisotopic (exact) mass is 531 g/mol. The average molecular weight is 532 g/mol. The van der Waals surface area contributed by atoms with E-state index in [1.54, 1.807) is 19.1 Å². The molecule has 9 nitrogen and oxygen atoms in total. The number of benzene rings is 2. The summed E-state index contributed by atoms with van der Waals surface area (Å²) in [7, 11) is -1.00. The van der Waals surface area contributed by atoms with E-state index in [9.17, 15) is 18.0 Å². The Kier molecular flexibility index (Phi) is 9.79. The lowest BCUT2D eigenvalue weighted by atomic mass is 9.95. The Morgan fingerprint density at radius 2 is 1.70 bits per heavy atom. The van der Waals surface area contributed by atoms with E-state index in [0.29, 0.717) is 5.75 Å². The van der Waals surface area contributed by atoms with E-state index >= 15 is 0 Å². The number of methoxy groups -OCH3 is 2. The van der Waals surface area contributed by atoms with E-state index in [1.807, 2.05) is 30.3 Å². The number of ether oxygens (including phenoxy) is 2. The molecule has 3 rings (SSSR count). The third-order valence-corrected chi connectivity index (χ3v) is 7.77. The van der Waals surface area contributed by atoms with Crippen molar-refractivity contribution in [3.8, 4) is 11.5 Å². The number of nitrogens with one attached hydrogen (secondary N) is 1. The third-order valence-electron chi connectivity index (χ3n) is 6.65. The molecule has 0 radical (unpaired) electrons. The maximum absolute atomic E-state index is 13.7. The number of nitrogens with zero attached hydrogens (tertiary/aromatic N) is 2. The molecule has 0 bridgehead atoms. The van der Waals surface area contributed by atoms with Crippen molar-refractivity contribution in [3.63, 3.8) is 0 Å². The molecule has 1 atom stereocenters. The van der Waals surface area contributed by atoms with Crippen LogP contribution in [0.4, 0.5) is 5.69 Å². The van der Waals surface area contributed by atoms with E-state index in [2.05, 4.69) is 5.32 Å². The molecule has 10 heteroatoms. The fraction of sp³-hybridized carbons (Fsp3) is 0.481. The van der Waals surface area contributed by atoms with Crippen molar-refractivity contribution in [1.29, 1.82) is 0 Å². The smallest absolute Gasteiger partial charge is 0.244 e. The summed E-state index contributed by atoms with van der Waals surface area (Å²) in [4.78, 5) is 28.4. The summed E-state index contributed by atoms with van der Waals surface area (Å²) < 4.78 is 37.4. The molecule has 1 saturated carbocycles. The van der Waals surface area contributed by atoms with Gasteiger partial charge in [0.25, 0.3) is 0 Å². The lowest BCUT2D eigenvalue weighted by Crippen LogP contribution is -2.53. The topological polar surface area (TPSA) is 105 Å². The highest BCUT2D eigenvalue weighted by atomic mass is 32.2. The van der Waals surface area contributed by atoms with Crippen LogP contribution in [-0.4, -0.2) is 64.2 Å². The average Bonchev–Trinajstić information content (AvgIpc) is 2.90. The van der Waals surface area contributed by atoms with E-state index in [4.69, 9.17) is 9.47 Å². The Morgan fingerprint density at radius 1 is 1.03 bits per heavy atom. The summed E-state index contributed by atoms with van der Waals surface area (Å²) in [5.41, 5.74) is 1.01. The number of anilines is 1. The van der Waals surface area contributed by atoms with Crippen LogP contribution in [0.25, 0.3) is 0 Å². The number of carbonyl (C=O) groups excluding carboxylic acids is 2. The SMILES string of the molecule is COc1ccc(OC)c(N(CC(=O)N(Cc2ccccc2)C(C)C(=O)NC2CCCCC2)S(C)(=O)=O)c1. The molecule has 0 spiro atoms. The molecule has 2 amide bonds. The fourth-order valence-corrected chi connectivity index (χ4v) is 5.36. The van der Waals surface area contributed by atoms with Gasteiger partial charge in [0.15, 0.2) is 0 Å². The number of amides is 2. The van der Waals surface area contributed by atoms with Gasteiger partial charge in [0, 0.05) is 18.7 Å². The molecule has 2 aromatic rings. The van der Waals surface area contributed by atoms with Crippen LogP contribution in [0.2, 0.25) is 0 Å². The van der Waals surface area contributed by atoms with Crippen LogP contribution in [0.15, 0.2) is 48.5 Å². The summed E-state index contributed by atoms with van der Waals surface area (Å²) in [6.07, 6.45) is 6.16.